The van der Waals surface area contributed by atoms with Gasteiger partial charge in [-0.15, -0.1) is 0 Å². The third kappa shape index (κ3) is 8.57. The third-order valence-corrected chi connectivity index (χ3v) is 4.93. The van der Waals surface area contributed by atoms with E-state index in [2.05, 4.69) is 94.9 Å². The second-order valence-corrected chi connectivity index (χ2v) is 12.2. The van der Waals surface area contributed by atoms with Crippen LogP contribution in [0.3, 0.4) is 0 Å². The van der Waals surface area contributed by atoms with Gasteiger partial charge in [0.2, 0.25) is 0 Å². The Balaban J connectivity index is 5.69. The molecule has 1 nitrogen and oxygen atoms in total. The minimum atomic E-state index is 0.193. The highest BCUT2D eigenvalue weighted by atomic mass is 15.3. The topological polar surface area (TPSA) is 3.24 Å². The maximum absolute atomic E-state index is 2.81. The maximum atomic E-state index is 2.81. The molecule has 0 amide bonds. The van der Waals surface area contributed by atoms with Gasteiger partial charge in [-0.25, -0.2) is 0 Å². The van der Waals surface area contributed by atoms with Gasteiger partial charge >= 0.3 is 0 Å². The number of hydrogen-bond donors (Lipinski definition) is 0. The van der Waals surface area contributed by atoms with Crippen LogP contribution < -0.4 is 0 Å². The van der Waals surface area contributed by atoms with E-state index in [1.165, 1.54) is 19.3 Å². The fraction of sp³-hybridized carbons (Fsp3) is 1.00. The van der Waals surface area contributed by atoms with Crippen molar-refractivity contribution in [2.24, 2.45) is 16.2 Å². The average Bonchev–Trinajstić information content (AvgIpc) is 2.19. The highest BCUT2D eigenvalue weighted by Gasteiger charge is 2.43. The van der Waals surface area contributed by atoms with E-state index in [1.54, 1.807) is 0 Å². The summed E-state index contributed by atoms with van der Waals surface area (Å²) < 4.78 is 0. The van der Waals surface area contributed by atoms with Crippen molar-refractivity contribution in [3.63, 3.8) is 0 Å². The summed E-state index contributed by atoms with van der Waals surface area (Å²) >= 11 is 0. The quantitative estimate of drug-likeness (QED) is 0.480. The van der Waals surface area contributed by atoms with Crippen LogP contribution in [-0.4, -0.2) is 22.5 Å². The summed E-state index contributed by atoms with van der Waals surface area (Å²) in [5, 5.41) is 0. The van der Waals surface area contributed by atoms with Crippen molar-refractivity contribution in [2.75, 3.05) is 6.54 Å². The van der Waals surface area contributed by atoms with Crippen LogP contribution in [0.2, 0.25) is 0 Å². The molecule has 0 unspecified atom stereocenters. The van der Waals surface area contributed by atoms with E-state index in [0.29, 0.717) is 16.2 Å². The zero-order valence-corrected chi connectivity index (χ0v) is 18.8. The minimum absolute atomic E-state index is 0.193. The molecule has 0 atom stereocenters. The first kappa shape index (κ1) is 23.0. The van der Waals surface area contributed by atoms with Gasteiger partial charge in [-0.05, 0) is 56.8 Å². The predicted octanol–water partition coefficient (Wildman–Crippen LogP) is 7.15. The van der Waals surface area contributed by atoms with Crippen LogP contribution in [0, 0.1) is 16.2 Å². The van der Waals surface area contributed by atoms with Crippen LogP contribution in [0.4, 0.5) is 0 Å². The average molecular weight is 326 g/mol. The molecule has 0 aliphatic rings. The molecule has 23 heavy (non-hydrogen) atoms. The van der Waals surface area contributed by atoms with E-state index < -0.39 is 0 Å². The zero-order valence-electron chi connectivity index (χ0n) is 18.8. The van der Waals surface area contributed by atoms with Crippen LogP contribution in [0.5, 0.6) is 0 Å². The van der Waals surface area contributed by atoms with Gasteiger partial charge in [-0.3, -0.25) is 4.90 Å². The van der Waals surface area contributed by atoms with E-state index in [4.69, 9.17) is 0 Å². The smallest absolute Gasteiger partial charge is 0.0163 e. The van der Waals surface area contributed by atoms with E-state index in [9.17, 15) is 0 Å². The summed E-state index contributed by atoms with van der Waals surface area (Å²) in [6.45, 7) is 32.3. The van der Waals surface area contributed by atoms with E-state index in [1.807, 2.05) is 0 Å². The molecule has 0 saturated carbocycles. The van der Waals surface area contributed by atoms with Gasteiger partial charge in [-0.1, -0.05) is 68.7 Å². The third-order valence-electron chi connectivity index (χ3n) is 4.93. The molecule has 0 bridgehead atoms. The van der Waals surface area contributed by atoms with Gasteiger partial charge in [0.1, 0.15) is 0 Å². The Morgan fingerprint density at radius 3 is 1.26 bits per heavy atom. The molecule has 0 saturated heterocycles. The van der Waals surface area contributed by atoms with Crippen LogP contribution >= 0.6 is 0 Å². The van der Waals surface area contributed by atoms with Gasteiger partial charge in [0.05, 0.1) is 0 Å². The van der Waals surface area contributed by atoms with Crippen molar-refractivity contribution >= 4 is 0 Å². The SMILES string of the molecule is CCC(C)(C)CC(C)(C)N(CC(C)(C)C)C(C)(C)CC(C)(C)C. The Bertz CT molecular complexity index is 360. The first-order valence-corrected chi connectivity index (χ1v) is 9.59. The summed E-state index contributed by atoms with van der Waals surface area (Å²) in [6, 6.07) is 0. The highest BCUT2D eigenvalue weighted by Crippen LogP contribution is 2.42. The van der Waals surface area contributed by atoms with Gasteiger partial charge in [0.15, 0.2) is 0 Å². The Morgan fingerprint density at radius 1 is 0.565 bits per heavy atom. The first-order chi connectivity index (χ1) is 9.81. The lowest BCUT2D eigenvalue weighted by atomic mass is 9.73. The van der Waals surface area contributed by atoms with Crippen molar-refractivity contribution in [1.29, 1.82) is 0 Å². The summed E-state index contributed by atoms with van der Waals surface area (Å²) in [6.07, 6.45) is 3.69. The molecule has 0 fully saturated rings. The van der Waals surface area contributed by atoms with Crippen molar-refractivity contribution in [3.05, 3.63) is 0 Å². The van der Waals surface area contributed by atoms with Crippen LogP contribution in [0.25, 0.3) is 0 Å². The largest absolute Gasteiger partial charge is 0.293 e. The second-order valence-electron chi connectivity index (χ2n) is 12.2. The fourth-order valence-electron chi connectivity index (χ4n) is 4.51. The predicted molar refractivity (Wildman–Crippen MR) is 107 cm³/mol. The van der Waals surface area contributed by atoms with Crippen molar-refractivity contribution in [3.8, 4) is 0 Å². The molecule has 0 heterocycles. The Morgan fingerprint density at radius 2 is 0.957 bits per heavy atom. The molecular weight excluding hydrogens is 278 g/mol. The van der Waals surface area contributed by atoms with Crippen molar-refractivity contribution < 1.29 is 0 Å². The lowest BCUT2D eigenvalue weighted by molar-refractivity contribution is -0.0479. The van der Waals surface area contributed by atoms with Crippen LogP contribution in [-0.2, 0) is 0 Å². The molecular formula is C22H47N. The number of nitrogens with zero attached hydrogens (tertiary/aromatic N) is 1. The van der Waals surface area contributed by atoms with E-state index >= 15 is 0 Å². The Hall–Kier alpha value is -0.0400. The normalized spacial score (nSPS) is 15.4. The number of rotatable bonds is 7. The molecule has 0 rings (SSSR count). The summed E-state index contributed by atoms with van der Waals surface area (Å²) in [4.78, 5) is 2.81. The van der Waals surface area contributed by atoms with Crippen molar-refractivity contribution in [2.45, 2.75) is 120 Å². The Kier molecular flexibility index (Phi) is 7.05. The first-order valence-electron chi connectivity index (χ1n) is 9.59. The van der Waals surface area contributed by atoms with Gasteiger partial charge in [0.25, 0.3) is 0 Å². The lowest BCUT2D eigenvalue weighted by Crippen LogP contribution is -2.60. The molecule has 0 radical (unpaired) electrons. The van der Waals surface area contributed by atoms with E-state index in [0.717, 1.165) is 6.54 Å². The standard InChI is InChI=1S/C22H47N/c1-14-20(8,9)16-22(12,13)23(17-19(5,6)7)21(10,11)15-18(2,3)4/h14-17H2,1-13H3. The molecule has 0 aromatic carbocycles. The van der Waals surface area contributed by atoms with Crippen LogP contribution in [0.1, 0.15) is 109 Å². The van der Waals surface area contributed by atoms with Gasteiger partial charge in [-0.2, -0.15) is 0 Å². The molecule has 0 aliphatic carbocycles. The fourth-order valence-corrected chi connectivity index (χ4v) is 4.51. The monoisotopic (exact) mass is 325 g/mol. The minimum Gasteiger partial charge on any atom is -0.293 e. The molecule has 140 valence electrons. The van der Waals surface area contributed by atoms with Gasteiger partial charge < -0.3 is 0 Å². The molecule has 1 heteroatoms. The highest BCUT2D eigenvalue weighted by molar-refractivity contribution is 4.98. The summed E-state index contributed by atoms with van der Waals surface area (Å²) in [5.41, 5.74) is 1.43. The zero-order chi connectivity index (χ0) is 18.9. The number of hydrogen-bond acceptors (Lipinski definition) is 1. The van der Waals surface area contributed by atoms with Crippen LogP contribution in [0.15, 0.2) is 0 Å². The second kappa shape index (κ2) is 7.06. The molecule has 0 aromatic rings. The molecule has 0 aliphatic heterocycles. The molecule has 0 aromatic heterocycles. The molecule has 0 spiro atoms. The summed E-state index contributed by atoms with van der Waals surface area (Å²) in [5.74, 6) is 0. The van der Waals surface area contributed by atoms with E-state index in [-0.39, 0.29) is 11.1 Å². The van der Waals surface area contributed by atoms with Gasteiger partial charge in [0, 0.05) is 17.6 Å². The van der Waals surface area contributed by atoms with Crippen molar-refractivity contribution in [1.82, 2.24) is 4.90 Å². The lowest BCUT2D eigenvalue weighted by Gasteiger charge is -2.54. The molecule has 0 N–H and O–H groups in total. The summed E-state index contributed by atoms with van der Waals surface area (Å²) in [7, 11) is 0. The maximum Gasteiger partial charge on any atom is 0.0163 e. The Labute approximate surface area is 148 Å².